The lowest BCUT2D eigenvalue weighted by Gasteiger charge is -2.13. The van der Waals surface area contributed by atoms with Gasteiger partial charge in [-0.05, 0) is 61.5 Å². The van der Waals surface area contributed by atoms with Crippen molar-refractivity contribution >= 4 is 35.1 Å². The van der Waals surface area contributed by atoms with Gasteiger partial charge in [-0.15, -0.1) is 0 Å². The van der Waals surface area contributed by atoms with Gasteiger partial charge in [0.1, 0.15) is 5.75 Å². The molecule has 0 aliphatic carbocycles. The lowest BCUT2D eigenvalue weighted by atomic mass is 10.1. The maximum absolute atomic E-state index is 12.2. The van der Waals surface area contributed by atoms with Crippen LogP contribution in [0.3, 0.4) is 0 Å². The maximum atomic E-state index is 12.2. The van der Waals surface area contributed by atoms with Gasteiger partial charge in [0.25, 0.3) is 11.8 Å². The van der Waals surface area contributed by atoms with Crippen LogP contribution in [-0.2, 0) is 9.53 Å². The highest BCUT2D eigenvalue weighted by molar-refractivity contribution is 7.80. The Hall–Kier alpha value is -3.46. The van der Waals surface area contributed by atoms with E-state index in [4.69, 9.17) is 17.0 Å². The van der Waals surface area contributed by atoms with Crippen molar-refractivity contribution in [3.8, 4) is 5.75 Å². The molecule has 0 aliphatic heterocycles. The molecule has 0 aliphatic rings. The topological polar surface area (TPSA) is 106 Å². The summed E-state index contributed by atoms with van der Waals surface area (Å²) in [6.07, 6.45) is 0. The van der Waals surface area contributed by atoms with Crippen LogP contribution >= 0.6 is 12.2 Å². The number of hydrogen-bond acceptors (Lipinski definition) is 6. The minimum atomic E-state index is -0.559. The van der Waals surface area contributed by atoms with Crippen molar-refractivity contribution < 1.29 is 23.9 Å². The van der Waals surface area contributed by atoms with E-state index in [-0.39, 0.29) is 22.8 Å². The first kappa shape index (κ1) is 21.8. The number of esters is 1. The molecule has 0 spiro atoms. The molecule has 2 aromatic rings. The molecule has 0 saturated heterocycles. The van der Waals surface area contributed by atoms with E-state index in [0.717, 1.165) is 11.1 Å². The molecule has 0 saturated carbocycles. The zero-order valence-corrected chi connectivity index (χ0v) is 17.0. The van der Waals surface area contributed by atoms with E-state index < -0.39 is 17.8 Å². The van der Waals surface area contributed by atoms with Crippen molar-refractivity contribution in [2.75, 3.05) is 13.7 Å². The Balaban J connectivity index is 1.81. The number of carbonyl (C=O) groups excluding carboxylic acids is 3. The summed E-state index contributed by atoms with van der Waals surface area (Å²) in [5, 5.41) is 2.29. The first-order valence-electron chi connectivity index (χ1n) is 8.59. The molecule has 8 nitrogen and oxygen atoms in total. The number of hydrazine groups is 1. The van der Waals surface area contributed by atoms with Crippen LogP contribution in [0.4, 0.5) is 0 Å². The molecule has 0 radical (unpaired) electrons. The molecule has 0 atom stereocenters. The van der Waals surface area contributed by atoms with Crippen molar-refractivity contribution in [3.05, 3.63) is 64.7 Å². The Kier molecular flexibility index (Phi) is 7.67. The van der Waals surface area contributed by atoms with E-state index in [1.165, 1.54) is 25.3 Å². The van der Waals surface area contributed by atoms with Gasteiger partial charge in [-0.3, -0.25) is 25.8 Å². The molecule has 2 rings (SSSR count). The van der Waals surface area contributed by atoms with Crippen molar-refractivity contribution in [1.82, 2.24) is 16.2 Å². The Bertz CT molecular complexity index is 945. The standard InChI is InChI=1S/C20H21N3O5S/c1-12-6-4-9-16(13(12)2)28-11-17(24)22-23-20(29)21-18(25)14-7-5-8-15(10-14)19(26)27-3/h4-10H,11H2,1-3H3,(H,22,24)(H2,21,23,25,29). The van der Waals surface area contributed by atoms with Crippen LogP contribution in [0.25, 0.3) is 0 Å². The van der Waals surface area contributed by atoms with Gasteiger partial charge >= 0.3 is 5.97 Å². The van der Waals surface area contributed by atoms with E-state index >= 15 is 0 Å². The van der Waals surface area contributed by atoms with E-state index in [2.05, 4.69) is 20.9 Å². The van der Waals surface area contributed by atoms with Gasteiger partial charge in [0.15, 0.2) is 11.7 Å². The summed E-state index contributed by atoms with van der Waals surface area (Å²) in [5.74, 6) is -0.970. The SMILES string of the molecule is COC(=O)c1cccc(C(=O)NC(=S)NNC(=O)COc2cccc(C)c2C)c1. The number of carbonyl (C=O) groups is 3. The van der Waals surface area contributed by atoms with Crippen LogP contribution in [-0.4, -0.2) is 36.6 Å². The van der Waals surface area contributed by atoms with Gasteiger partial charge in [0, 0.05) is 5.56 Å². The summed E-state index contributed by atoms with van der Waals surface area (Å²) in [6.45, 7) is 3.63. The van der Waals surface area contributed by atoms with E-state index in [1.807, 2.05) is 26.0 Å². The molecular weight excluding hydrogens is 394 g/mol. The number of methoxy groups -OCH3 is 1. The number of benzene rings is 2. The molecule has 0 aromatic heterocycles. The van der Waals surface area contributed by atoms with E-state index in [1.54, 1.807) is 12.1 Å². The number of ether oxygens (including phenoxy) is 2. The van der Waals surface area contributed by atoms with Crippen molar-refractivity contribution in [2.45, 2.75) is 13.8 Å². The Labute approximate surface area is 173 Å². The third-order valence-electron chi connectivity index (χ3n) is 4.00. The van der Waals surface area contributed by atoms with Crippen LogP contribution in [0.5, 0.6) is 5.75 Å². The van der Waals surface area contributed by atoms with Crippen LogP contribution in [0.15, 0.2) is 42.5 Å². The molecule has 0 fully saturated rings. The number of nitrogens with one attached hydrogen (secondary N) is 3. The minimum Gasteiger partial charge on any atom is -0.483 e. The molecule has 3 N–H and O–H groups in total. The molecule has 0 bridgehead atoms. The first-order chi connectivity index (χ1) is 13.8. The Morgan fingerprint density at radius 2 is 1.69 bits per heavy atom. The molecule has 0 unspecified atom stereocenters. The van der Waals surface area contributed by atoms with Gasteiger partial charge in [0.2, 0.25) is 0 Å². The van der Waals surface area contributed by atoms with Crippen molar-refractivity contribution in [3.63, 3.8) is 0 Å². The monoisotopic (exact) mass is 415 g/mol. The number of hydrogen-bond donors (Lipinski definition) is 3. The zero-order chi connectivity index (χ0) is 21.4. The fourth-order valence-corrected chi connectivity index (χ4v) is 2.44. The highest BCUT2D eigenvalue weighted by Gasteiger charge is 2.12. The summed E-state index contributed by atoms with van der Waals surface area (Å²) in [4.78, 5) is 35.7. The largest absolute Gasteiger partial charge is 0.483 e. The minimum absolute atomic E-state index is 0.112. The maximum Gasteiger partial charge on any atom is 0.337 e. The number of thiocarbonyl (C=S) groups is 1. The van der Waals surface area contributed by atoms with Crippen LogP contribution in [0.1, 0.15) is 31.8 Å². The normalized spacial score (nSPS) is 9.90. The molecule has 9 heteroatoms. The third kappa shape index (κ3) is 6.28. The summed E-state index contributed by atoms with van der Waals surface area (Å²) in [5.41, 5.74) is 7.21. The summed E-state index contributed by atoms with van der Waals surface area (Å²) >= 11 is 4.98. The predicted octanol–water partition coefficient (Wildman–Crippen LogP) is 1.80. The Morgan fingerprint density at radius 1 is 1.00 bits per heavy atom. The third-order valence-corrected chi connectivity index (χ3v) is 4.21. The fourth-order valence-electron chi connectivity index (χ4n) is 2.30. The highest BCUT2D eigenvalue weighted by Crippen LogP contribution is 2.20. The lowest BCUT2D eigenvalue weighted by molar-refractivity contribution is -0.123. The lowest BCUT2D eigenvalue weighted by Crippen LogP contribution is -2.49. The van der Waals surface area contributed by atoms with Crippen molar-refractivity contribution in [1.29, 1.82) is 0 Å². The van der Waals surface area contributed by atoms with E-state index in [0.29, 0.717) is 5.75 Å². The molecule has 29 heavy (non-hydrogen) atoms. The van der Waals surface area contributed by atoms with Gasteiger partial charge in [-0.25, -0.2) is 4.79 Å². The number of amides is 2. The first-order valence-corrected chi connectivity index (χ1v) is 9.00. The molecular formula is C20H21N3O5S. The Morgan fingerprint density at radius 3 is 2.41 bits per heavy atom. The van der Waals surface area contributed by atoms with Crippen LogP contribution in [0.2, 0.25) is 0 Å². The van der Waals surface area contributed by atoms with Gasteiger partial charge in [-0.2, -0.15) is 0 Å². The highest BCUT2D eigenvalue weighted by atomic mass is 32.1. The molecule has 2 amide bonds. The molecule has 152 valence electrons. The fraction of sp³-hybridized carbons (Fsp3) is 0.200. The quantitative estimate of drug-likeness (QED) is 0.388. The second kappa shape index (κ2) is 10.2. The summed E-state index contributed by atoms with van der Waals surface area (Å²) in [6, 6.07) is 11.5. The second-order valence-corrected chi connectivity index (χ2v) is 6.42. The average molecular weight is 415 g/mol. The predicted molar refractivity (Wildman–Crippen MR) is 111 cm³/mol. The van der Waals surface area contributed by atoms with E-state index in [9.17, 15) is 14.4 Å². The smallest absolute Gasteiger partial charge is 0.337 e. The number of aryl methyl sites for hydroxylation is 1. The van der Waals surface area contributed by atoms with Gasteiger partial charge in [0.05, 0.1) is 12.7 Å². The number of rotatable bonds is 5. The average Bonchev–Trinajstić information content (AvgIpc) is 2.72. The van der Waals surface area contributed by atoms with Crippen molar-refractivity contribution in [2.24, 2.45) is 0 Å². The molecule has 0 heterocycles. The van der Waals surface area contributed by atoms with Gasteiger partial charge < -0.3 is 9.47 Å². The van der Waals surface area contributed by atoms with Crippen LogP contribution in [0, 0.1) is 13.8 Å². The van der Waals surface area contributed by atoms with Gasteiger partial charge in [-0.1, -0.05) is 18.2 Å². The second-order valence-electron chi connectivity index (χ2n) is 6.02. The van der Waals surface area contributed by atoms with Crippen LogP contribution < -0.4 is 20.9 Å². The summed E-state index contributed by atoms with van der Waals surface area (Å²) in [7, 11) is 1.25. The summed E-state index contributed by atoms with van der Waals surface area (Å²) < 4.78 is 10.1. The zero-order valence-electron chi connectivity index (χ0n) is 16.2. The molecule has 2 aromatic carbocycles.